The topological polar surface area (TPSA) is 47.5 Å². The van der Waals surface area contributed by atoms with Crippen molar-refractivity contribution >= 4 is 39.1 Å². The highest BCUT2D eigenvalue weighted by Crippen LogP contribution is 2.45. The summed E-state index contributed by atoms with van der Waals surface area (Å²) >= 11 is 6.35. The van der Waals surface area contributed by atoms with Gasteiger partial charge in [0.2, 0.25) is 5.28 Å². The van der Waals surface area contributed by atoms with Gasteiger partial charge in [0.25, 0.3) is 0 Å². The Morgan fingerprint density at radius 2 is 1.86 bits per heavy atom. The van der Waals surface area contributed by atoms with Gasteiger partial charge in [-0.25, -0.2) is 13.8 Å². The predicted octanol–water partition coefficient (Wildman–Crippen LogP) is 7.30. The van der Waals surface area contributed by atoms with Crippen molar-refractivity contribution in [1.82, 2.24) is 9.97 Å². The van der Waals surface area contributed by atoms with Gasteiger partial charge in [0.15, 0.2) is 12.6 Å². The van der Waals surface area contributed by atoms with Crippen molar-refractivity contribution in [2.45, 2.75) is 37.8 Å². The summed E-state index contributed by atoms with van der Waals surface area (Å²) in [5.74, 6) is -0.161. The maximum Gasteiger partial charge on any atom is 0.225 e. The third-order valence-electron chi connectivity index (χ3n) is 7.71. The molecule has 3 heterocycles. The molecule has 190 valence electrons. The molecular weight excluding hydrogens is 496 g/mol. The zero-order valence-corrected chi connectivity index (χ0v) is 21.1. The van der Waals surface area contributed by atoms with Crippen molar-refractivity contribution in [3.63, 3.8) is 0 Å². The lowest BCUT2D eigenvalue weighted by molar-refractivity contribution is 0.0512. The second-order valence-corrected chi connectivity index (χ2v) is 10.0. The van der Waals surface area contributed by atoms with Gasteiger partial charge in [0.1, 0.15) is 22.9 Å². The smallest absolute Gasteiger partial charge is 0.225 e. The number of hydrogen-bond acceptors (Lipinski definition) is 5. The van der Waals surface area contributed by atoms with E-state index in [4.69, 9.17) is 21.1 Å². The first kappa shape index (κ1) is 24.1. The SMILES string of the molecule is C=CC1[C@H]2CC[C@H](CC2)N1c1nc(Cl)nc2c(F)c(-c3cc(OCOC)cc4ccccc34)c(F)cc12. The Labute approximate surface area is 218 Å². The summed E-state index contributed by atoms with van der Waals surface area (Å²) in [5, 5.41) is 1.69. The van der Waals surface area contributed by atoms with E-state index in [2.05, 4.69) is 21.4 Å². The van der Waals surface area contributed by atoms with Crippen LogP contribution in [0.15, 0.2) is 55.1 Å². The standard InChI is InChI=1S/C29H26ClF2N3O2/c1-3-24-16-8-10-18(11-9-16)35(24)28-22-14-23(31)25(26(32)27(22)33-29(30)34-28)21-13-19(37-15-36-2)12-17-6-4-5-7-20(17)21/h3-7,12-14,16,18,24H,1,8-11,15H2,2H3/t16-,18+,24?. The fraction of sp³-hybridized carbons (Fsp3) is 0.310. The Kier molecular flexibility index (Phi) is 6.21. The molecule has 2 saturated heterocycles. The van der Waals surface area contributed by atoms with Crippen LogP contribution < -0.4 is 9.64 Å². The molecule has 2 aliphatic heterocycles. The third kappa shape index (κ3) is 4.01. The molecule has 1 atom stereocenters. The van der Waals surface area contributed by atoms with Crippen molar-refractivity contribution in [2.75, 3.05) is 18.8 Å². The molecule has 1 saturated carbocycles. The highest BCUT2D eigenvalue weighted by Gasteiger charge is 2.42. The van der Waals surface area contributed by atoms with Crippen LogP contribution >= 0.6 is 11.6 Å². The van der Waals surface area contributed by atoms with Gasteiger partial charge in [0, 0.05) is 18.5 Å². The van der Waals surface area contributed by atoms with E-state index in [1.807, 2.05) is 36.4 Å². The van der Waals surface area contributed by atoms with Crippen LogP contribution in [0.4, 0.5) is 14.6 Å². The van der Waals surface area contributed by atoms with Crippen LogP contribution in [0.5, 0.6) is 5.75 Å². The van der Waals surface area contributed by atoms with Crippen molar-refractivity contribution in [1.29, 1.82) is 0 Å². The molecule has 0 spiro atoms. The lowest BCUT2D eigenvalue weighted by Crippen LogP contribution is -2.55. The molecule has 3 aliphatic rings. The Morgan fingerprint density at radius 1 is 1.08 bits per heavy atom. The minimum atomic E-state index is -0.785. The van der Waals surface area contributed by atoms with Crippen LogP contribution in [0.25, 0.3) is 32.8 Å². The lowest BCUT2D eigenvalue weighted by Gasteiger charge is -2.51. The number of aromatic nitrogens is 2. The van der Waals surface area contributed by atoms with Crippen LogP contribution in [-0.2, 0) is 4.74 Å². The van der Waals surface area contributed by atoms with Crippen LogP contribution in [0.1, 0.15) is 25.7 Å². The summed E-state index contributed by atoms with van der Waals surface area (Å²) in [6, 6.07) is 12.4. The van der Waals surface area contributed by atoms with E-state index < -0.39 is 11.6 Å². The maximum absolute atomic E-state index is 16.3. The highest BCUT2D eigenvalue weighted by atomic mass is 35.5. The zero-order chi connectivity index (χ0) is 25.7. The Morgan fingerprint density at radius 3 is 2.62 bits per heavy atom. The Balaban J connectivity index is 1.58. The van der Waals surface area contributed by atoms with Crippen LogP contribution in [0, 0.1) is 17.6 Å². The van der Waals surface area contributed by atoms with Gasteiger partial charge in [-0.2, -0.15) is 4.98 Å². The van der Waals surface area contributed by atoms with E-state index in [9.17, 15) is 0 Å². The molecular formula is C29H26ClF2N3O2. The number of fused-ring (bicyclic) bond motifs is 5. The minimum Gasteiger partial charge on any atom is -0.468 e. The molecule has 8 heteroatoms. The molecule has 1 aromatic heterocycles. The van der Waals surface area contributed by atoms with Crippen LogP contribution in [-0.4, -0.2) is 36.0 Å². The highest BCUT2D eigenvalue weighted by molar-refractivity contribution is 6.29. The molecule has 2 bridgehead atoms. The molecule has 4 aromatic rings. The molecule has 0 radical (unpaired) electrons. The van der Waals surface area contributed by atoms with Gasteiger partial charge >= 0.3 is 0 Å². The summed E-state index contributed by atoms with van der Waals surface area (Å²) in [5.41, 5.74) is 0.161. The largest absolute Gasteiger partial charge is 0.468 e. The zero-order valence-electron chi connectivity index (χ0n) is 20.4. The van der Waals surface area contributed by atoms with Gasteiger partial charge in [-0.1, -0.05) is 30.3 Å². The average molecular weight is 522 g/mol. The van der Waals surface area contributed by atoms with Gasteiger partial charge in [0.05, 0.1) is 11.6 Å². The number of piperidine rings is 2. The van der Waals surface area contributed by atoms with Crippen LogP contribution in [0.3, 0.4) is 0 Å². The monoisotopic (exact) mass is 521 g/mol. The van der Waals surface area contributed by atoms with E-state index in [0.717, 1.165) is 31.1 Å². The number of hydrogen-bond donors (Lipinski definition) is 0. The van der Waals surface area contributed by atoms with Crippen molar-refractivity contribution < 1.29 is 18.3 Å². The van der Waals surface area contributed by atoms with Crippen molar-refractivity contribution in [2.24, 2.45) is 5.92 Å². The molecule has 5 nitrogen and oxygen atoms in total. The van der Waals surface area contributed by atoms with Crippen molar-refractivity contribution in [3.05, 3.63) is 72.0 Å². The molecule has 3 aromatic carbocycles. The molecule has 0 amide bonds. The van der Waals surface area contributed by atoms with E-state index >= 15 is 8.78 Å². The second-order valence-electron chi connectivity index (χ2n) is 9.70. The fourth-order valence-electron chi connectivity index (χ4n) is 6.11. The molecule has 1 unspecified atom stereocenters. The lowest BCUT2D eigenvalue weighted by atomic mass is 9.74. The number of methoxy groups -OCH3 is 1. The number of halogens is 3. The summed E-state index contributed by atoms with van der Waals surface area (Å²) in [6.07, 6.45) is 6.13. The fourth-order valence-corrected chi connectivity index (χ4v) is 6.27. The molecule has 7 rings (SSSR count). The number of benzene rings is 3. The normalized spacial score (nSPS) is 21.1. The summed E-state index contributed by atoms with van der Waals surface area (Å²) in [4.78, 5) is 10.9. The number of nitrogens with zero attached hydrogens (tertiary/aromatic N) is 3. The maximum atomic E-state index is 16.3. The molecule has 37 heavy (non-hydrogen) atoms. The Hall–Kier alpha value is -3.29. The van der Waals surface area contributed by atoms with Gasteiger partial charge in [-0.15, -0.1) is 6.58 Å². The molecule has 3 fully saturated rings. The molecule has 1 aliphatic carbocycles. The first-order valence-corrected chi connectivity index (χ1v) is 12.8. The number of anilines is 1. The minimum absolute atomic E-state index is 0.00905. The van der Waals surface area contributed by atoms with Crippen molar-refractivity contribution in [3.8, 4) is 16.9 Å². The van der Waals surface area contributed by atoms with Gasteiger partial charge in [-0.3, -0.25) is 0 Å². The predicted molar refractivity (Wildman–Crippen MR) is 142 cm³/mol. The third-order valence-corrected chi connectivity index (χ3v) is 7.88. The summed E-state index contributed by atoms with van der Waals surface area (Å²) < 4.78 is 42.9. The van der Waals surface area contributed by atoms with Gasteiger partial charge < -0.3 is 14.4 Å². The first-order valence-electron chi connectivity index (χ1n) is 12.4. The van der Waals surface area contributed by atoms with E-state index in [-0.39, 0.29) is 35.2 Å². The quantitative estimate of drug-likeness (QED) is 0.151. The van der Waals surface area contributed by atoms with E-state index in [0.29, 0.717) is 33.8 Å². The summed E-state index contributed by atoms with van der Waals surface area (Å²) in [7, 11) is 1.51. The average Bonchev–Trinajstić information content (AvgIpc) is 2.92. The molecule has 0 N–H and O–H groups in total. The van der Waals surface area contributed by atoms with Crippen LogP contribution in [0.2, 0.25) is 5.28 Å². The van der Waals surface area contributed by atoms with E-state index in [1.54, 1.807) is 6.07 Å². The number of ether oxygens (including phenoxy) is 2. The van der Waals surface area contributed by atoms with Gasteiger partial charge in [-0.05, 0) is 77.7 Å². The van der Waals surface area contributed by atoms with E-state index in [1.165, 1.54) is 13.2 Å². The number of rotatable bonds is 6. The summed E-state index contributed by atoms with van der Waals surface area (Å²) in [6.45, 7) is 4.05. The first-order chi connectivity index (χ1) is 18.0. The second kappa shape index (κ2) is 9.54. The Bertz CT molecular complexity index is 1520.